The van der Waals surface area contributed by atoms with Crippen molar-refractivity contribution in [2.45, 2.75) is 39.3 Å². The molecule has 1 aromatic carbocycles. The highest BCUT2D eigenvalue weighted by molar-refractivity contribution is 5.26. The minimum Gasteiger partial charge on any atom is -0.380 e. The Hall–Kier alpha value is -0.900. The van der Waals surface area contributed by atoms with Gasteiger partial charge in [-0.3, -0.25) is 4.90 Å². The van der Waals surface area contributed by atoms with Gasteiger partial charge in [-0.25, -0.2) is 0 Å². The molecule has 19 heavy (non-hydrogen) atoms. The summed E-state index contributed by atoms with van der Waals surface area (Å²) in [5.41, 5.74) is 8.90. The van der Waals surface area contributed by atoms with Gasteiger partial charge in [-0.15, -0.1) is 0 Å². The zero-order chi connectivity index (χ0) is 14.3. The lowest BCUT2D eigenvalue weighted by Crippen LogP contribution is -2.40. The van der Waals surface area contributed by atoms with Crippen LogP contribution in [0.2, 0.25) is 0 Å². The molecule has 0 fully saturated rings. The van der Waals surface area contributed by atoms with Crippen LogP contribution in [-0.2, 0) is 4.74 Å². The molecule has 0 aliphatic heterocycles. The van der Waals surface area contributed by atoms with E-state index in [1.165, 1.54) is 11.1 Å². The molecule has 0 heterocycles. The molecule has 1 rings (SSSR count). The Balaban J connectivity index is 2.82. The summed E-state index contributed by atoms with van der Waals surface area (Å²) in [5, 5.41) is 0. The molecular formula is C16H28N2O. The molecule has 0 bridgehead atoms. The number of likely N-dealkylation sites (N-methyl/N-ethyl adjacent to an activating group) is 1. The number of rotatable bonds is 8. The fourth-order valence-electron chi connectivity index (χ4n) is 2.40. The van der Waals surface area contributed by atoms with Crippen molar-refractivity contribution < 1.29 is 4.74 Å². The summed E-state index contributed by atoms with van der Waals surface area (Å²) in [7, 11) is 2.13. The van der Waals surface area contributed by atoms with E-state index >= 15 is 0 Å². The maximum atomic E-state index is 6.32. The molecule has 0 saturated carbocycles. The smallest absolute Gasteiger partial charge is 0.0593 e. The third-order valence-corrected chi connectivity index (χ3v) is 3.53. The quantitative estimate of drug-likeness (QED) is 0.734. The first-order valence-electron chi connectivity index (χ1n) is 7.20. The zero-order valence-corrected chi connectivity index (χ0v) is 12.7. The molecule has 0 saturated heterocycles. The molecule has 0 aliphatic rings. The molecule has 0 radical (unpaired) electrons. The van der Waals surface area contributed by atoms with E-state index in [-0.39, 0.29) is 12.1 Å². The van der Waals surface area contributed by atoms with Crippen LogP contribution < -0.4 is 5.73 Å². The van der Waals surface area contributed by atoms with E-state index in [2.05, 4.69) is 50.1 Å². The summed E-state index contributed by atoms with van der Waals surface area (Å²) < 4.78 is 5.44. The van der Waals surface area contributed by atoms with Crippen molar-refractivity contribution in [3.63, 3.8) is 0 Å². The van der Waals surface area contributed by atoms with Crippen molar-refractivity contribution in [1.82, 2.24) is 4.90 Å². The second-order valence-electron chi connectivity index (χ2n) is 5.11. The highest BCUT2D eigenvalue weighted by atomic mass is 16.5. The molecule has 0 aliphatic carbocycles. The van der Waals surface area contributed by atoms with E-state index in [1.807, 2.05) is 6.92 Å². The van der Waals surface area contributed by atoms with Crippen LogP contribution in [0.4, 0.5) is 0 Å². The predicted molar refractivity (Wildman–Crippen MR) is 81.3 cm³/mol. The van der Waals surface area contributed by atoms with E-state index in [9.17, 15) is 0 Å². The molecule has 2 atom stereocenters. The van der Waals surface area contributed by atoms with Crippen molar-refractivity contribution >= 4 is 0 Å². The summed E-state index contributed by atoms with van der Waals surface area (Å²) >= 11 is 0. The number of ether oxygens (including phenoxy) is 1. The van der Waals surface area contributed by atoms with Crippen molar-refractivity contribution in [3.05, 3.63) is 35.4 Å². The average molecular weight is 264 g/mol. The van der Waals surface area contributed by atoms with E-state index in [4.69, 9.17) is 10.5 Å². The molecule has 2 unspecified atom stereocenters. The van der Waals surface area contributed by atoms with Gasteiger partial charge in [-0.1, -0.05) is 36.8 Å². The fraction of sp³-hybridized carbons (Fsp3) is 0.625. The van der Waals surface area contributed by atoms with Gasteiger partial charge in [0.15, 0.2) is 0 Å². The third kappa shape index (κ3) is 4.94. The van der Waals surface area contributed by atoms with Gasteiger partial charge in [0.05, 0.1) is 6.61 Å². The van der Waals surface area contributed by atoms with Crippen LogP contribution in [0.1, 0.15) is 37.4 Å². The first kappa shape index (κ1) is 16.2. The second kappa shape index (κ2) is 8.31. The van der Waals surface area contributed by atoms with Crippen molar-refractivity contribution in [1.29, 1.82) is 0 Å². The largest absolute Gasteiger partial charge is 0.380 e. The first-order chi connectivity index (χ1) is 9.10. The summed E-state index contributed by atoms with van der Waals surface area (Å²) in [6.45, 7) is 8.71. The molecule has 0 amide bonds. The second-order valence-corrected chi connectivity index (χ2v) is 5.11. The Bertz CT molecular complexity index is 368. The van der Waals surface area contributed by atoms with Gasteiger partial charge in [0, 0.05) is 25.2 Å². The number of nitrogens with two attached hydrogens (primary N) is 1. The summed E-state index contributed by atoms with van der Waals surface area (Å²) in [6, 6.07) is 9.04. The van der Waals surface area contributed by atoms with Gasteiger partial charge >= 0.3 is 0 Å². The Kier molecular flexibility index (Phi) is 7.06. The molecule has 2 N–H and O–H groups in total. The van der Waals surface area contributed by atoms with E-state index in [0.29, 0.717) is 0 Å². The van der Waals surface area contributed by atoms with E-state index < -0.39 is 0 Å². The van der Waals surface area contributed by atoms with Crippen molar-refractivity contribution in [3.8, 4) is 0 Å². The Morgan fingerprint density at radius 3 is 2.63 bits per heavy atom. The van der Waals surface area contributed by atoms with Crippen LogP contribution >= 0.6 is 0 Å². The number of aryl methyl sites for hydroxylation is 1. The zero-order valence-electron chi connectivity index (χ0n) is 12.7. The Labute approximate surface area is 117 Å². The first-order valence-corrected chi connectivity index (χ1v) is 7.20. The molecule has 108 valence electrons. The van der Waals surface area contributed by atoms with E-state index in [0.717, 1.165) is 26.2 Å². The van der Waals surface area contributed by atoms with Crippen molar-refractivity contribution in [2.75, 3.05) is 26.8 Å². The molecular weight excluding hydrogens is 236 g/mol. The standard InChI is InChI=1S/C16H28N2O/c1-5-15(17)16(18(4)10-11-19-6-2)14-9-7-8-13(3)12-14/h7-9,12,15-16H,5-6,10-11,17H2,1-4H3. The Morgan fingerprint density at radius 1 is 1.32 bits per heavy atom. The average Bonchev–Trinajstić information content (AvgIpc) is 2.39. The van der Waals surface area contributed by atoms with Crippen LogP contribution in [-0.4, -0.2) is 37.7 Å². The van der Waals surface area contributed by atoms with Gasteiger partial charge < -0.3 is 10.5 Å². The number of nitrogens with zero attached hydrogens (tertiary/aromatic N) is 1. The minimum atomic E-state index is 0.147. The number of hydrogen-bond acceptors (Lipinski definition) is 3. The lowest BCUT2D eigenvalue weighted by Gasteiger charge is -2.33. The van der Waals surface area contributed by atoms with Crippen molar-refractivity contribution in [2.24, 2.45) is 5.73 Å². The fourth-order valence-corrected chi connectivity index (χ4v) is 2.40. The van der Waals surface area contributed by atoms with E-state index in [1.54, 1.807) is 0 Å². The van der Waals surface area contributed by atoms with Gasteiger partial charge in [-0.05, 0) is 32.9 Å². The van der Waals surface area contributed by atoms with Crippen LogP contribution in [0.3, 0.4) is 0 Å². The predicted octanol–water partition coefficient (Wildman–Crippen LogP) is 2.74. The normalized spacial score (nSPS) is 14.6. The van der Waals surface area contributed by atoms with Crippen LogP contribution in [0.15, 0.2) is 24.3 Å². The van der Waals surface area contributed by atoms with Gasteiger partial charge in [0.2, 0.25) is 0 Å². The SMILES string of the molecule is CCOCCN(C)C(c1cccc(C)c1)C(N)CC. The highest BCUT2D eigenvalue weighted by Crippen LogP contribution is 2.24. The van der Waals surface area contributed by atoms with Crippen LogP contribution in [0.5, 0.6) is 0 Å². The highest BCUT2D eigenvalue weighted by Gasteiger charge is 2.22. The molecule has 1 aromatic rings. The van der Waals surface area contributed by atoms with Gasteiger partial charge in [-0.2, -0.15) is 0 Å². The monoisotopic (exact) mass is 264 g/mol. The maximum absolute atomic E-state index is 6.32. The lowest BCUT2D eigenvalue weighted by atomic mass is 9.95. The number of benzene rings is 1. The molecule has 0 spiro atoms. The minimum absolute atomic E-state index is 0.147. The molecule has 3 heteroatoms. The van der Waals surface area contributed by atoms with Gasteiger partial charge in [0.1, 0.15) is 0 Å². The Morgan fingerprint density at radius 2 is 2.05 bits per heavy atom. The van der Waals surface area contributed by atoms with Gasteiger partial charge in [0.25, 0.3) is 0 Å². The summed E-state index contributed by atoms with van der Waals surface area (Å²) in [4.78, 5) is 2.30. The van der Waals surface area contributed by atoms with Crippen LogP contribution in [0.25, 0.3) is 0 Å². The molecule has 0 aromatic heterocycles. The topological polar surface area (TPSA) is 38.5 Å². The number of hydrogen-bond donors (Lipinski definition) is 1. The van der Waals surface area contributed by atoms with Crippen LogP contribution in [0, 0.1) is 6.92 Å². The maximum Gasteiger partial charge on any atom is 0.0593 e. The summed E-state index contributed by atoms with van der Waals surface area (Å²) in [5.74, 6) is 0. The lowest BCUT2D eigenvalue weighted by molar-refractivity contribution is 0.100. The third-order valence-electron chi connectivity index (χ3n) is 3.53. The summed E-state index contributed by atoms with van der Waals surface area (Å²) in [6.07, 6.45) is 0.970. The molecule has 3 nitrogen and oxygen atoms in total.